The van der Waals surface area contributed by atoms with Gasteiger partial charge in [-0.2, -0.15) is 0 Å². The van der Waals surface area contributed by atoms with Crippen molar-refractivity contribution in [3.8, 4) is 0 Å². The molecule has 1 aromatic rings. The summed E-state index contributed by atoms with van der Waals surface area (Å²) in [5, 5.41) is 6.23. The van der Waals surface area contributed by atoms with Crippen LogP contribution in [0, 0.1) is 5.41 Å². The van der Waals surface area contributed by atoms with Crippen molar-refractivity contribution in [3.05, 3.63) is 18.2 Å². The van der Waals surface area contributed by atoms with Gasteiger partial charge in [-0.15, -0.1) is 0 Å². The van der Waals surface area contributed by atoms with Crippen molar-refractivity contribution in [2.75, 3.05) is 26.8 Å². The molecule has 1 aliphatic heterocycles. The lowest BCUT2D eigenvalue weighted by molar-refractivity contribution is -0.136. The first-order chi connectivity index (χ1) is 8.77. The molecule has 0 aliphatic carbocycles. The fourth-order valence-corrected chi connectivity index (χ4v) is 2.36. The molecule has 1 fully saturated rings. The average molecular weight is 252 g/mol. The molecule has 1 aliphatic rings. The summed E-state index contributed by atoms with van der Waals surface area (Å²) in [5.41, 5.74) is 0.518. The number of nitrogens with one attached hydrogen (secondary N) is 3. The number of carbonyl (C=O) groups is 1. The predicted molar refractivity (Wildman–Crippen MR) is 66.8 cm³/mol. The number of piperidine rings is 1. The molecule has 3 N–H and O–H groups in total. The van der Waals surface area contributed by atoms with Gasteiger partial charge in [-0.1, -0.05) is 0 Å². The van der Waals surface area contributed by atoms with Crippen LogP contribution in [0.5, 0.6) is 0 Å². The predicted octanol–water partition coefficient (Wildman–Crippen LogP) is 0.0421. The van der Waals surface area contributed by atoms with Crippen molar-refractivity contribution in [1.82, 2.24) is 20.6 Å². The van der Waals surface area contributed by atoms with Crippen molar-refractivity contribution in [1.29, 1.82) is 0 Å². The number of hydrogen-bond donors (Lipinski definition) is 3. The zero-order valence-corrected chi connectivity index (χ0v) is 10.7. The average Bonchev–Trinajstić information content (AvgIpc) is 2.90. The highest BCUT2D eigenvalue weighted by Gasteiger charge is 2.39. The summed E-state index contributed by atoms with van der Waals surface area (Å²) in [7, 11) is 1.64. The Balaban J connectivity index is 1.95. The van der Waals surface area contributed by atoms with E-state index in [1.807, 2.05) is 0 Å². The summed E-state index contributed by atoms with van der Waals surface area (Å²) in [4.78, 5) is 19.2. The van der Waals surface area contributed by atoms with E-state index in [0.717, 1.165) is 31.6 Å². The van der Waals surface area contributed by atoms with E-state index in [-0.39, 0.29) is 11.3 Å². The Bertz CT molecular complexity index is 366. The molecule has 18 heavy (non-hydrogen) atoms. The van der Waals surface area contributed by atoms with Crippen molar-refractivity contribution in [2.45, 2.75) is 19.4 Å². The second-order valence-electron chi connectivity index (χ2n) is 4.72. The highest BCUT2D eigenvalue weighted by atomic mass is 16.5. The molecule has 2 heterocycles. The maximum Gasteiger partial charge on any atom is 0.228 e. The molecule has 0 radical (unpaired) electrons. The minimum absolute atomic E-state index is 0.0699. The van der Waals surface area contributed by atoms with Gasteiger partial charge in [0.25, 0.3) is 0 Å². The number of nitrogens with zero attached hydrogens (tertiary/aromatic N) is 1. The molecule has 6 nitrogen and oxygen atoms in total. The van der Waals surface area contributed by atoms with Crippen LogP contribution in [0.15, 0.2) is 12.5 Å². The standard InChI is InChI=1S/C12H20N4O2/c1-18-8-12(2-4-13-5-3-12)11(17)15-7-10-6-14-9-16-10/h6,9,13H,2-5,7-8H2,1H3,(H,14,16)(H,15,17). The number of aromatic amines is 1. The third-order valence-corrected chi connectivity index (χ3v) is 3.46. The van der Waals surface area contributed by atoms with Crippen molar-refractivity contribution < 1.29 is 9.53 Å². The molecule has 0 aromatic carbocycles. The molecule has 0 bridgehead atoms. The van der Waals surface area contributed by atoms with Gasteiger partial charge >= 0.3 is 0 Å². The Morgan fingerprint density at radius 2 is 2.33 bits per heavy atom. The van der Waals surface area contributed by atoms with Crippen LogP contribution in [-0.2, 0) is 16.1 Å². The number of imidazole rings is 1. The Morgan fingerprint density at radius 3 is 2.94 bits per heavy atom. The van der Waals surface area contributed by atoms with Gasteiger partial charge in [0.2, 0.25) is 5.91 Å². The van der Waals surface area contributed by atoms with Crippen LogP contribution in [0.25, 0.3) is 0 Å². The third kappa shape index (κ3) is 2.88. The van der Waals surface area contributed by atoms with E-state index in [0.29, 0.717) is 13.2 Å². The summed E-state index contributed by atoms with van der Waals surface area (Å²) in [6.07, 6.45) is 4.95. The Kier molecular flexibility index (Phi) is 4.33. The van der Waals surface area contributed by atoms with E-state index >= 15 is 0 Å². The molecule has 2 rings (SSSR count). The number of carbonyl (C=O) groups excluding carboxylic acids is 1. The van der Waals surface area contributed by atoms with Gasteiger partial charge in [-0.25, -0.2) is 4.98 Å². The fourth-order valence-electron chi connectivity index (χ4n) is 2.36. The van der Waals surface area contributed by atoms with Crippen LogP contribution in [-0.4, -0.2) is 42.7 Å². The molecule has 0 spiro atoms. The molecule has 6 heteroatoms. The number of amides is 1. The molecule has 0 atom stereocenters. The van der Waals surface area contributed by atoms with Gasteiger partial charge in [-0.3, -0.25) is 4.79 Å². The second-order valence-corrected chi connectivity index (χ2v) is 4.72. The largest absolute Gasteiger partial charge is 0.384 e. The minimum atomic E-state index is -0.389. The maximum absolute atomic E-state index is 12.4. The van der Waals surface area contributed by atoms with Crippen LogP contribution >= 0.6 is 0 Å². The van der Waals surface area contributed by atoms with E-state index in [2.05, 4.69) is 20.6 Å². The molecule has 100 valence electrons. The molecule has 1 saturated heterocycles. The normalized spacial score (nSPS) is 18.5. The maximum atomic E-state index is 12.4. The highest BCUT2D eigenvalue weighted by Crippen LogP contribution is 2.29. The molecule has 0 saturated carbocycles. The lowest BCUT2D eigenvalue weighted by atomic mass is 9.78. The van der Waals surface area contributed by atoms with Crippen molar-refractivity contribution in [3.63, 3.8) is 0 Å². The number of methoxy groups -OCH3 is 1. The first-order valence-corrected chi connectivity index (χ1v) is 6.22. The SMILES string of the molecule is COCC1(C(=O)NCc2cnc[nH]2)CCNCC1. The quantitative estimate of drug-likeness (QED) is 0.691. The van der Waals surface area contributed by atoms with E-state index in [4.69, 9.17) is 4.74 Å². The lowest BCUT2D eigenvalue weighted by Gasteiger charge is -2.35. The third-order valence-electron chi connectivity index (χ3n) is 3.46. The van der Waals surface area contributed by atoms with Gasteiger partial charge in [-0.05, 0) is 25.9 Å². The van der Waals surface area contributed by atoms with Gasteiger partial charge in [0.05, 0.1) is 30.6 Å². The van der Waals surface area contributed by atoms with E-state index in [9.17, 15) is 4.79 Å². The first kappa shape index (κ1) is 13.0. The van der Waals surface area contributed by atoms with Crippen LogP contribution in [0.1, 0.15) is 18.5 Å². The van der Waals surface area contributed by atoms with E-state index in [1.165, 1.54) is 0 Å². The molecular weight excluding hydrogens is 232 g/mol. The van der Waals surface area contributed by atoms with Gasteiger partial charge in [0.1, 0.15) is 0 Å². The van der Waals surface area contributed by atoms with Crippen LogP contribution < -0.4 is 10.6 Å². The molecule has 1 aromatic heterocycles. The van der Waals surface area contributed by atoms with E-state index < -0.39 is 0 Å². The minimum Gasteiger partial charge on any atom is -0.384 e. The van der Waals surface area contributed by atoms with Gasteiger partial charge < -0.3 is 20.4 Å². The van der Waals surface area contributed by atoms with Crippen LogP contribution in [0.3, 0.4) is 0 Å². The molecule has 0 unspecified atom stereocenters. The van der Waals surface area contributed by atoms with Crippen LogP contribution in [0.4, 0.5) is 0 Å². The summed E-state index contributed by atoms with van der Waals surface area (Å²) >= 11 is 0. The van der Waals surface area contributed by atoms with Gasteiger partial charge in [0.15, 0.2) is 0 Å². The summed E-state index contributed by atoms with van der Waals surface area (Å²) in [5.74, 6) is 0.0699. The van der Waals surface area contributed by atoms with Gasteiger partial charge in [0, 0.05) is 13.3 Å². The van der Waals surface area contributed by atoms with Crippen molar-refractivity contribution in [2.24, 2.45) is 5.41 Å². The highest BCUT2D eigenvalue weighted by molar-refractivity contribution is 5.82. The van der Waals surface area contributed by atoms with Crippen molar-refractivity contribution >= 4 is 5.91 Å². The molecule has 1 amide bonds. The van der Waals surface area contributed by atoms with E-state index in [1.54, 1.807) is 19.6 Å². The summed E-state index contributed by atoms with van der Waals surface area (Å²) < 4.78 is 5.23. The van der Waals surface area contributed by atoms with Crippen LogP contribution in [0.2, 0.25) is 0 Å². The smallest absolute Gasteiger partial charge is 0.228 e. The fraction of sp³-hybridized carbons (Fsp3) is 0.667. The topological polar surface area (TPSA) is 79.0 Å². The monoisotopic (exact) mass is 252 g/mol. The number of aromatic nitrogens is 2. The summed E-state index contributed by atoms with van der Waals surface area (Å²) in [6, 6.07) is 0. The summed E-state index contributed by atoms with van der Waals surface area (Å²) in [6.45, 7) is 2.68. The lowest BCUT2D eigenvalue weighted by Crippen LogP contribution is -2.50. The first-order valence-electron chi connectivity index (χ1n) is 6.22. The number of hydrogen-bond acceptors (Lipinski definition) is 4. The number of rotatable bonds is 5. The number of ether oxygens (including phenoxy) is 1. The zero-order valence-electron chi connectivity index (χ0n) is 10.7. The Labute approximate surface area is 107 Å². The zero-order chi connectivity index (χ0) is 12.8. The second kappa shape index (κ2) is 5.97. The Hall–Kier alpha value is -1.40. The number of H-pyrrole nitrogens is 1. The Morgan fingerprint density at radius 1 is 1.56 bits per heavy atom. The molecular formula is C12H20N4O2.